The molecule has 4 amide bonds. The summed E-state index contributed by atoms with van der Waals surface area (Å²) >= 11 is 0. The van der Waals surface area contributed by atoms with Gasteiger partial charge in [0.2, 0.25) is 5.91 Å². The Labute approximate surface area is 243 Å². The van der Waals surface area contributed by atoms with Crippen molar-refractivity contribution in [3.63, 3.8) is 0 Å². The summed E-state index contributed by atoms with van der Waals surface area (Å²) in [4.78, 5) is 40.0. The highest BCUT2D eigenvalue weighted by Crippen LogP contribution is 2.27. The van der Waals surface area contributed by atoms with Crippen LogP contribution in [0.5, 0.6) is 11.5 Å². The van der Waals surface area contributed by atoms with Crippen molar-refractivity contribution >= 4 is 29.5 Å². The van der Waals surface area contributed by atoms with Crippen LogP contribution in [0.2, 0.25) is 0 Å². The van der Waals surface area contributed by atoms with Crippen LogP contribution in [0.1, 0.15) is 32.0 Å². The third kappa shape index (κ3) is 8.31. The van der Waals surface area contributed by atoms with Crippen LogP contribution in [-0.2, 0) is 21.5 Å². The average Bonchev–Trinajstić information content (AvgIpc) is 3.41. The van der Waals surface area contributed by atoms with Crippen molar-refractivity contribution in [1.82, 2.24) is 25.4 Å². The van der Waals surface area contributed by atoms with Crippen LogP contribution in [0.3, 0.4) is 0 Å². The molecule has 0 bridgehead atoms. The molecule has 2 aromatic carbocycles. The summed E-state index contributed by atoms with van der Waals surface area (Å²) < 4.78 is 11.9. The summed E-state index contributed by atoms with van der Waals surface area (Å²) in [5.41, 5.74) is 2.69. The molecule has 0 saturated carbocycles. The van der Waals surface area contributed by atoms with Crippen molar-refractivity contribution in [3.8, 4) is 17.2 Å². The predicted octanol–water partition coefficient (Wildman–Crippen LogP) is 4.97. The number of amides is 4. The minimum atomic E-state index is -0.675. The Balaban J connectivity index is 1.41. The van der Waals surface area contributed by atoms with Crippen LogP contribution < -0.4 is 26.0 Å². The van der Waals surface area contributed by atoms with Gasteiger partial charge in [0.05, 0.1) is 18.5 Å². The Morgan fingerprint density at radius 2 is 1.52 bits per heavy atom. The molecule has 0 spiro atoms. The van der Waals surface area contributed by atoms with E-state index in [0.29, 0.717) is 23.0 Å². The number of benzene rings is 2. The lowest BCUT2D eigenvalue weighted by Gasteiger charge is -2.14. The minimum Gasteiger partial charge on any atom is -0.457 e. The number of carbonyl (C=O) groups excluding carboxylic acids is 3. The Hall–Kier alpha value is -5.39. The van der Waals surface area contributed by atoms with Gasteiger partial charge in [-0.1, -0.05) is 32.9 Å². The van der Waals surface area contributed by atoms with Gasteiger partial charge in [-0.3, -0.25) is 15.1 Å². The first-order valence-electron chi connectivity index (χ1n) is 13.1. The number of hydrogen-bond acceptors (Lipinski definition) is 7. The van der Waals surface area contributed by atoms with Gasteiger partial charge >= 0.3 is 12.1 Å². The lowest BCUT2D eigenvalue weighted by molar-refractivity contribution is -0.120. The second kappa shape index (κ2) is 13.3. The number of urea groups is 1. The van der Waals surface area contributed by atoms with Crippen LogP contribution >= 0.6 is 0 Å². The summed E-state index contributed by atoms with van der Waals surface area (Å²) in [7, 11) is 1.23. The second-order valence-electron chi connectivity index (χ2n) is 10.3. The first-order valence-corrected chi connectivity index (χ1v) is 13.1. The van der Waals surface area contributed by atoms with E-state index in [4.69, 9.17) is 9.84 Å². The molecule has 0 radical (unpaired) electrons. The molecule has 0 saturated heterocycles. The second-order valence-corrected chi connectivity index (χ2v) is 10.3. The van der Waals surface area contributed by atoms with Gasteiger partial charge in [-0.15, -0.1) is 0 Å². The van der Waals surface area contributed by atoms with Gasteiger partial charge in [0.1, 0.15) is 23.9 Å². The summed E-state index contributed by atoms with van der Waals surface area (Å²) in [6, 6.07) is 19.3. The maximum absolute atomic E-state index is 12.9. The van der Waals surface area contributed by atoms with E-state index in [9.17, 15) is 14.4 Å². The van der Waals surface area contributed by atoms with Crippen molar-refractivity contribution < 1.29 is 23.9 Å². The molecule has 0 unspecified atom stereocenters. The number of nitrogens with one attached hydrogen (secondary N) is 4. The number of anilines is 2. The highest BCUT2D eigenvalue weighted by molar-refractivity contribution is 5.99. The molecule has 0 fully saturated rings. The van der Waals surface area contributed by atoms with E-state index in [2.05, 4.69) is 31.0 Å². The van der Waals surface area contributed by atoms with Crippen LogP contribution in [0.25, 0.3) is 5.69 Å². The summed E-state index contributed by atoms with van der Waals surface area (Å²) in [6.45, 7) is 6.21. The molecule has 4 N–H and O–H groups in total. The van der Waals surface area contributed by atoms with E-state index in [-0.39, 0.29) is 24.4 Å². The number of hydrogen-bond donors (Lipinski definition) is 4. The van der Waals surface area contributed by atoms with Crippen molar-refractivity contribution in [2.24, 2.45) is 0 Å². The monoisotopic (exact) mass is 571 g/mol. The number of ether oxygens (including phenoxy) is 2. The lowest BCUT2D eigenvalue weighted by atomic mass is 9.92. The normalized spacial score (nSPS) is 10.9. The zero-order chi connectivity index (χ0) is 30.1. The summed E-state index contributed by atoms with van der Waals surface area (Å²) in [6.07, 6.45) is 2.62. The molecule has 4 aromatic rings. The van der Waals surface area contributed by atoms with Gasteiger partial charge in [-0.2, -0.15) is 5.10 Å². The average molecular weight is 572 g/mol. The Morgan fingerprint density at radius 1 is 0.857 bits per heavy atom. The highest BCUT2D eigenvalue weighted by atomic mass is 16.5. The maximum Gasteiger partial charge on any atom is 0.407 e. The minimum absolute atomic E-state index is 0.186. The molecular weight excluding hydrogens is 538 g/mol. The molecule has 0 atom stereocenters. The molecule has 218 valence electrons. The number of carbonyl (C=O) groups is 3. The van der Waals surface area contributed by atoms with Crippen molar-refractivity contribution in [2.45, 2.75) is 32.7 Å². The predicted molar refractivity (Wildman–Crippen MR) is 158 cm³/mol. The number of aromatic nitrogens is 3. The molecule has 0 aliphatic carbocycles. The van der Waals surface area contributed by atoms with Gasteiger partial charge in [-0.25, -0.2) is 14.3 Å². The van der Waals surface area contributed by atoms with Crippen LogP contribution in [0.15, 0.2) is 79.1 Å². The lowest BCUT2D eigenvalue weighted by Crippen LogP contribution is -2.36. The van der Waals surface area contributed by atoms with E-state index >= 15 is 0 Å². The molecular formula is C30H33N7O5. The fourth-order valence-corrected chi connectivity index (χ4v) is 3.70. The Kier molecular flexibility index (Phi) is 9.38. The Morgan fingerprint density at radius 3 is 2.17 bits per heavy atom. The number of nitrogens with zero attached hydrogens (tertiary/aromatic N) is 3. The zero-order valence-electron chi connectivity index (χ0n) is 23.8. The third-order valence-corrected chi connectivity index (χ3v) is 5.97. The molecule has 2 heterocycles. The third-order valence-electron chi connectivity index (χ3n) is 5.97. The van der Waals surface area contributed by atoms with Crippen LogP contribution in [0.4, 0.5) is 21.1 Å². The fraction of sp³-hybridized carbons (Fsp3) is 0.233. The number of pyridine rings is 1. The first kappa shape index (κ1) is 29.6. The zero-order valence-corrected chi connectivity index (χ0v) is 23.8. The van der Waals surface area contributed by atoms with Crippen molar-refractivity contribution in [2.75, 3.05) is 24.3 Å². The van der Waals surface area contributed by atoms with Crippen molar-refractivity contribution in [1.29, 1.82) is 0 Å². The molecule has 12 heteroatoms. The largest absolute Gasteiger partial charge is 0.457 e. The topological polar surface area (TPSA) is 148 Å². The van der Waals surface area contributed by atoms with E-state index < -0.39 is 12.1 Å². The summed E-state index contributed by atoms with van der Waals surface area (Å²) in [5.74, 6) is 1.43. The molecule has 42 heavy (non-hydrogen) atoms. The first-order chi connectivity index (χ1) is 20.1. The molecule has 12 nitrogen and oxygen atoms in total. The molecule has 4 rings (SSSR count). The summed E-state index contributed by atoms with van der Waals surface area (Å²) in [5, 5.41) is 15.5. The van der Waals surface area contributed by atoms with Crippen molar-refractivity contribution in [3.05, 3.63) is 90.4 Å². The number of alkyl carbamates (subject to hydrolysis) is 1. The van der Waals surface area contributed by atoms with Gasteiger partial charge in [0.25, 0.3) is 0 Å². The van der Waals surface area contributed by atoms with Gasteiger partial charge in [0.15, 0.2) is 0 Å². The van der Waals surface area contributed by atoms with Crippen LogP contribution in [-0.4, -0.2) is 46.5 Å². The van der Waals surface area contributed by atoms with Gasteiger partial charge < -0.3 is 25.4 Å². The smallest absolute Gasteiger partial charge is 0.407 e. The van der Waals surface area contributed by atoms with Gasteiger partial charge in [-0.05, 0) is 54.1 Å². The van der Waals surface area contributed by atoms with E-state index in [0.717, 1.165) is 16.9 Å². The SMILES string of the molecule is COC(=O)NCC(=O)NCc1ccc(-n2nc(C(C)(C)C)cc2NC(=O)Nc2ccc(Oc3ccncc3)cc2)cc1. The van der Waals surface area contributed by atoms with E-state index in [1.807, 2.05) is 51.1 Å². The van der Waals surface area contributed by atoms with Gasteiger partial charge in [0, 0.05) is 36.1 Å². The quantitative estimate of drug-likeness (QED) is 0.222. The number of methoxy groups -OCH3 is 1. The molecule has 0 aliphatic rings. The van der Waals surface area contributed by atoms with E-state index in [1.54, 1.807) is 53.5 Å². The fourth-order valence-electron chi connectivity index (χ4n) is 3.70. The highest BCUT2D eigenvalue weighted by Gasteiger charge is 2.21. The maximum atomic E-state index is 12.9. The Bertz CT molecular complexity index is 1510. The van der Waals surface area contributed by atoms with Crippen LogP contribution in [0, 0.1) is 0 Å². The standard InChI is InChI=1S/C30H33N7O5/c1-30(2,3)25-17-26(35-28(39)34-21-7-11-23(12-8-21)42-24-13-15-31-16-14-24)37(36-25)22-9-5-20(6-10-22)18-32-27(38)19-33-29(40)41-4/h5-17H,18-19H2,1-4H3,(H,32,38)(H,33,40)(H2,34,35,39). The van der Waals surface area contributed by atoms with E-state index in [1.165, 1.54) is 7.11 Å². The molecule has 0 aliphatic heterocycles. The molecule has 2 aromatic heterocycles. The number of rotatable bonds is 9.